The fourth-order valence-electron chi connectivity index (χ4n) is 2.14. The molecule has 0 fully saturated rings. The van der Waals surface area contributed by atoms with E-state index in [2.05, 4.69) is 15.3 Å². The highest BCUT2D eigenvalue weighted by molar-refractivity contribution is 7.98. The molecule has 0 aliphatic carbocycles. The second kappa shape index (κ2) is 6.21. The maximum Gasteiger partial charge on any atom is 0.307 e. The average Bonchev–Trinajstić information content (AvgIpc) is 3.13. The van der Waals surface area contributed by atoms with Gasteiger partial charge in [-0.15, -0.1) is 10.2 Å². The zero-order chi connectivity index (χ0) is 16.4. The van der Waals surface area contributed by atoms with E-state index in [1.165, 1.54) is 28.8 Å². The molecule has 0 unspecified atom stereocenters. The number of nitrogens with zero attached hydrogens (tertiary/aromatic N) is 6. The molecule has 23 heavy (non-hydrogen) atoms. The van der Waals surface area contributed by atoms with E-state index in [0.717, 1.165) is 22.1 Å². The van der Waals surface area contributed by atoms with Gasteiger partial charge in [0.1, 0.15) is 12.4 Å². The first-order valence-electron chi connectivity index (χ1n) is 6.81. The first-order valence-corrected chi connectivity index (χ1v) is 7.80. The van der Waals surface area contributed by atoms with Crippen molar-refractivity contribution >= 4 is 17.4 Å². The van der Waals surface area contributed by atoms with Crippen molar-refractivity contribution in [1.82, 2.24) is 24.5 Å². The van der Waals surface area contributed by atoms with Gasteiger partial charge in [0.05, 0.1) is 10.8 Å². The van der Waals surface area contributed by atoms with Gasteiger partial charge in [-0.1, -0.05) is 36.0 Å². The number of benzene rings is 1. The van der Waals surface area contributed by atoms with E-state index in [0.29, 0.717) is 5.88 Å². The smallest absolute Gasteiger partial charge is 0.305 e. The molecule has 0 aliphatic rings. The number of aromatic nitrogens is 5. The van der Waals surface area contributed by atoms with E-state index in [4.69, 9.17) is 0 Å². The lowest BCUT2D eigenvalue weighted by atomic mass is 10.1. The third-order valence-corrected chi connectivity index (χ3v) is 4.38. The molecular formula is C14H14N6O2S. The Labute approximate surface area is 136 Å². The van der Waals surface area contributed by atoms with Gasteiger partial charge < -0.3 is 4.57 Å². The Balaban J connectivity index is 1.77. The Hall–Kier alpha value is -2.68. The summed E-state index contributed by atoms with van der Waals surface area (Å²) >= 11 is 1.41. The van der Waals surface area contributed by atoms with Crippen LogP contribution in [0.25, 0.3) is 11.4 Å². The van der Waals surface area contributed by atoms with Crippen LogP contribution in [0, 0.1) is 17.0 Å². The van der Waals surface area contributed by atoms with E-state index in [1.54, 1.807) is 0 Å². The summed E-state index contributed by atoms with van der Waals surface area (Å²) in [5, 5.41) is 23.8. The van der Waals surface area contributed by atoms with Crippen molar-refractivity contribution in [3.05, 3.63) is 52.3 Å². The Morgan fingerprint density at radius 3 is 2.78 bits per heavy atom. The van der Waals surface area contributed by atoms with Gasteiger partial charge in [-0.2, -0.15) is 5.10 Å². The Kier molecular flexibility index (Phi) is 4.11. The maximum absolute atomic E-state index is 10.7. The van der Waals surface area contributed by atoms with Gasteiger partial charge in [-0.05, 0) is 12.5 Å². The standard InChI is InChI=1S/C14H14N6O2S/c1-10-5-3-4-6-12(10)13-16-17-14(18(13)2)23-9-19-8-11(7-15-19)20(21)22/h3-8H,9H2,1-2H3. The molecule has 0 bridgehead atoms. The van der Waals surface area contributed by atoms with Crippen molar-refractivity contribution in [1.29, 1.82) is 0 Å². The van der Waals surface area contributed by atoms with Crippen LogP contribution >= 0.6 is 11.8 Å². The van der Waals surface area contributed by atoms with E-state index in [1.807, 2.05) is 42.8 Å². The summed E-state index contributed by atoms with van der Waals surface area (Å²) in [6.45, 7) is 2.03. The molecule has 0 radical (unpaired) electrons. The molecule has 3 rings (SSSR count). The van der Waals surface area contributed by atoms with Crippen molar-refractivity contribution in [3.8, 4) is 11.4 Å². The molecule has 0 N–H and O–H groups in total. The lowest BCUT2D eigenvalue weighted by Crippen LogP contribution is -1.99. The lowest BCUT2D eigenvalue weighted by molar-refractivity contribution is -0.385. The zero-order valence-electron chi connectivity index (χ0n) is 12.6. The van der Waals surface area contributed by atoms with Crippen LogP contribution in [0.2, 0.25) is 0 Å². The fraction of sp³-hybridized carbons (Fsp3) is 0.214. The van der Waals surface area contributed by atoms with Crippen molar-refractivity contribution in [3.63, 3.8) is 0 Å². The molecule has 9 heteroatoms. The summed E-state index contributed by atoms with van der Waals surface area (Å²) in [6, 6.07) is 7.98. The number of thioether (sulfide) groups is 1. The lowest BCUT2D eigenvalue weighted by Gasteiger charge is -2.06. The summed E-state index contributed by atoms with van der Waals surface area (Å²) in [4.78, 5) is 10.2. The van der Waals surface area contributed by atoms with Crippen LogP contribution in [-0.4, -0.2) is 29.5 Å². The van der Waals surface area contributed by atoms with Gasteiger partial charge in [0, 0.05) is 12.6 Å². The maximum atomic E-state index is 10.7. The van der Waals surface area contributed by atoms with Gasteiger partial charge in [0.2, 0.25) is 0 Å². The first kappa shape index (κ1) is 15.2. The number of nitro groups is 1. The summed E-state index contributed by atoms with van der Waals surface area (Å²) in [5.41, 5.74) is 2.13. The minimum absolute atomic E-state index is 0.0239. The molecule has 1 aromatic carbocycles. The summed E-state index contributed by atoms with van der Waals surface area (Å²) in [7, 11) is 1.90. The van der Waals surface area contributed by atoms with E-state index >= 15 is 0 Å². The summed E-state index contributed by atoms with van der Waals surface area (Å²) in [6.07, 6.45) is 2.63. The monoisotopic (exact) mass is 330 g/mol. The molecule has 0 atom stereocenters. The predicted molar refractivity (Wildman–Crippen MR) is 85.9 cm³/mol. The van der Waals surface area contributed by atoms with Crippen LogP contribution in [0.15, 0.2) is 41.8 Å². The molecule has 0 saturated carbocycles. The van der Waals surface area contributed by atoms with E-state index in [-0.39, 0.29) is 5.69 Å². The zero-order valence-corrected chi connectivity index (χ0v) is 13.4. The van der Waals surface area contributed by atoms with Gasteiger partial charge in [-0.3, -0.25) is 14.8 Å². The van der Waals surface area contributed by atoms with Gasteiger partial charge in [-0.25, -0.2) is 0 Å². The third kappa shape index (κ3) is 3.09. The Bertz CT molecular complexity index is 857. The average molecular weight is 330 g/mol. The van der Waals surface area contributed by atoms with Crippen LogP contribution in [0.3, 0.4) is 0 Å². The quantitative estimate of drug-likeness (QED) is 0.406. The largest absolute Gasteiger partial charge is 0.307 e. The first-order chi connectivity index (χ1) is 11.1. The highest BCUT2D eigenvalue weighted by atomic mass is 32.2. The highest BCUT2D eigenvalue weighted by Gasteiger charge is 2.14. The molecule has 2 aromatic heterocycles. The SMILES string of the molecule is Cc1ccccc1-c1nnc(SCn2cc([N+](=O)[O-])cn2)n1C. The molecule has 3 aromatic rings. The van der Waals surface area contributed by atoms with Crippen LogP contribution in [0.5, 0.6) is 0 Å². The van der Waals surface area contributed by atoms with Crippen LogP contribution in [0.1, 0.15) is 5.56 Å². The third-order valence-electron chi connectivity index (χ3n) is 3.38. The number of rotatable bonds is 5. The molecule has 8 nitrogen and oxygen atoms in total. The van der Waals surface area contributed by atoms with Gasteiger partial charge in [0.15, 0.2) is 11.0 Å². The number of aryl methyl sites for hydroxylation is 1. The van der Waals surface area contributed by atoms with Crippen LogP contribution < -0.4 is 0 Å². The number of hydrogen-bond acceptors (Lipinski definition) is 6. The van der Waals surface area contributed by atoms with Crippen LogP contribution in [-0.2, 0) is 12.9 Å². The highest BCUT2D eigenvalue weighted by Crippen LogP contribution is 2.25. The fourth-order valence-corrected chi connectivity index (χ4v) is 2.91. The Morgan fingerprint density at radius 1 is 1.30 bits per heavy atom. The predicted octanol–water partition coefficient (Wildman–Crippen LogP) is 2.65. The molecule has 0 amide bonds. The molecular weight excluding hydrogens is 316 g/mol. The Morgan fingerprint density at radius 2 is 2.09 bits per heavy atom. The molecule has 0 spiro atoms. The van der Waals surface area contributed by atoms with Gasteiger partial charge >= 0.3 is 5.69 Å². The molecule has 0 saturated heterocycles. The number of hydrogen-bond donors (Lipinski definition) is 0. The normalized spacial score (nSPS) is 10.9. The van der Waals surface area contributed by atoms with Crippen molar-refractivity contribution in [2.75, 3.05) is 0 Å². The minimum Gasteiger partial charge on any atom is -0.305 e. The topological polar surface area (TPSA) is 91.7 Å². The second-order valence-corrected chi connectivity index (χ2v) is 5.86. The van der Waals surface area contributed by atoms with Crippen molar-refractivity contribution in [2.24, 2.45) is 7.05 Å². The molecule has 0 aliphatic heterocycles. The summed E-state index contributed by atoms with van der Waals surface area (Å²) in [5.74, 6) is 1.21. The second-order valence-electron chi connectivity index (χ2n) is 4.95. The minimum atomic E-state index is -0.466. The van der Waals surface area contributed by atoms with Crippen LogP contribution in [0.4, 0.5) is 5.69 Å². The van der Waals surface area contributed by atoms with Crippen molar-refractivity contribution < 1.29 is 4.92 Å². The van der Waals surface area contributed by atoms with E-state index < -0.39 is 4.92 Å². The van der Waals surface area contributed by atoms with Gasteiger partial charge in [0.25, 0.3) is 0 Å². The van der Waals surface area contributed by atoms with E-state index in [9.17, 15) is 10.1 Å². The molecule has 118 valence electrons. The van der Waals surface area contributed by atoms with Crippen molar-refractivity contribution in [2.45, 2.75) is 18.0 Å². The molecule has 2 heterocycles. The summed E-state index contributed by atoms with van der Waals surface area (Å²) < 4.78 is 3.41.